The third-order valence-corrected chi connectivity index (χ3v) is 11.1. The standard InChI is InChI=1S/C35H34ClF3N4O7S/c1-4-49-28-18-22(10-12-27(28)36)30(43(40)24-11-9-23-19-41-15-13-21(23)17-24)32(44)42-16-14-26(33(45)50-34(46)35(37,38)39)31(42)25-7-5-6-8-29(25)51(47,48)20(2)3/h5-13,15,17-20,26,30-31H,4,14,16,40H2,1-3H3. The van der Waals surface area contributed by atoms with Gasteiger partial charge in [0.1, 0.15) is 11.8 Å². The number of anilines is 1. The molecule has 3 atom stereocenters. The van der Waals surface area contributed by atoms with Crippen LogP contribution in [0.3, 0.4) is 0 Å². The molecule has 0 saturated carbocycles. The molecule has 3 unspecified atom stereocenters. The third-order valence-electron chi connectivity index (χ3n) is 8.58. The first-order valence-electron chi connectivity index (χ1n) is 15.8. The van der Waals surface area contributed by atoms with Crippen LogP contribution in [-0.2, 0) is 29.0 Å². The number of hydrogen-bond acceptors (Lipinski definition) is 10. The van der Waals surface area contributed by atoms with Crippen molar-refractivity contribution in [3.63, 3.8) is 0 Å². The minimum absolute atomic E-state index is 0.0369. The van der Waals surface area contributed by atoms with Gasteiger partial charge in [-0.2, -0.15) is 13.2 Å². The smallest absolute Gasteiger partial charge is 0.491 e. The summed E-state index contributed by atoms with van der Waals surface area (Å²) in [5.41, 5.74) is 0.639. The van der Waals surface area contributed by atoms with Crippen molar-refractivity contribution in [3.8, 4) is 5.75 Å². The first-order chi connectivity index (χ1) is 24.1. The molecule has 16 heteroatoms. The van der Waals surface area contributed by atoms with Crippen LogP contribution in [0.1, 0.15) is 50.4 Å². The Bertz CT molecular complexity index is 2080. The van der Waals surface area contributed by atoms with Gasteiger partial charge in [0.2, 0.25) is 0 Å². The van der Waals surface area contributed by atoms with Gasteiger partial charge in [-0.1, -0.05) is 41.9 Å². The van der Waals surface area contributed by atoms with Crippen molar-refractivity contribution in [2.75, 3.05) is 18.2 Å². The van der Waals surface area contributed by atoms with E-state index in [0.717, 1.165) is 10.8 Å². The van der Waals surface area contributed by atoms with Crippen molar-refractivity contribution in [2.45, 2.75) is 55.6 Å². The SMILES string of the molecule is CCOc1cc(C(C(=O)N2CCC(C(=O)OC(=O)C(F)(F)F)C2c2ccccc2S(=O)(=O)C(C)C)N(N)c2ccc3cnccc3c2)ccc1Cl. The van der Waals surface area contributed by atoms with Crippen LogP contribution in [0.25, 0.3) is 10.8 Å². The minimum atomic E-state index is -5.48. The largest absolute Gasteiger partial charge is 0.492 e. The van der Waals surface area contributed by atoms with Gasteiger partial charge in [0, 0.05) is 24.3 Å². The van der Waals surface area contributed by atoms with Crippen molar-refractivity contribution in [1.82, 2.24) is 9.88 Å². The van der Waals surface area contributed by atoms with E-state index < -0.39 is 57.1 Å². The van der Waals surface area contributed by atoms with Crippen molar-refractivity contribution in [1.29, 1.82) is 0 Å². The number of benzene rings is 3. The Morgan fingerprint density at radius 3 is 2.47 bits per heavy atom. The predicted molar refractivity (Wildman–Crippen MR) is 182 cm³/mol. The maximum atomic E-state index is 15.0. The zero-order chi connectivity index (χ0) is 37.2. The van der Waals surface area contributed by atoms with Gasteiger partial charge in [0.15, 0.2) is 9.84 Å². The van der Waals surface area contributed by atoms with E-state index in [9.17, 15) is 36.0 Å². The second-order valence-electron chi connectivity index (χ2n) is 12.0. The highest BCUT2D eigenvalue weighted by atomic mass is 35.5. The molecule has 1 saturated heterocycles. The number of hydrogen-bond donors (Lipinski definition) is 1. The van der Waals surface area contributed by atoms with E-state index in [1.807, 2.05) is 0 Å². The van der Waals surface area contributed by atoms with E-state index in [0.29, 0.717) is 11.3 Å². The maximum absolute atomic E-state index is 15.0. The molecule has 11 nitrogen and oxygen atoms in total. The van der Waals surface area contributed by atoms with Gasteiger partial charge in [-0.25, -0.2) is 19.1 Å². The van der Waals surface area contributed by atoms with Crippen LogP contribution in [0.5, 0.6) is 5.75 Å². The lowest BCUT2D eigenvalue weighted by molar-refractivity contribution is -0.203. The highest BCUT2D eigenvalue weighted by molar-refractivity contribution is 7.92. The number of amides is 1. The summed E-state index contributed by atoms with van der Waals surface area (Å²) in [7, 11) is -4.07. The number of aromatic nitrogens is 1. The monoisotopic (exact) mass is 746 g/mol. The molecule has 1 amide bonds. The molecular weight excluding hydrogens is 713 g/mol. The number of sulfone groups is 1. The molecule has 1 aromatic heterocycles. The van der Waals surface area contributed by atoms with E-state index >= 15 is 0 Å². The Morgan fingerprint density at radius 2 is 1.78 bits per heavy atom. The van der Waals surface area contributed by atoms with Crippen LogP contribution in [0.15, 0.2) is 84.0 Å². The molecule has 1 aliphatic heterocycles. The van der Waals surface area contributed by atoms with Gasteiger partial charge in [-0.15, -0.1) is 0 Å². The number of nitrogens with zero attached hydrogens (tertiary/aromatic N) is 3. The molecular formula is C35H34ClF3N4O7S. The fourth-order valence-corrected chi connectivity index (χ4v) is 7.52. The van der Waals surface area contributed by atoms with E-state index in [4.69, 9.17) is 22.2 Å². The summed E-state index contributed by atoms with van der Waals surface area (Å²) >= 11 is 6.38. The first-order valence-corrected chi connectivity index (χ1v) is 17.7. The Hall–Kier alpha value is -4.73. The van der Waals surface area contributed by atoms with E-state index in [1.165, 1.54) is 60.2 Å². The number of ether oxygens (including phenoxy) is 2. The normalized spacial score (nSPS) is 17.0. The molecule has 4 aromatic rings. The van der Waals surface area contributed by atoms with Crippen LogP contribution in [0.4, 0.5) is 18.9 Å². The zero-order valence-corrected chi connectivity index (χ0v) is 29.2. The van der Waals surface area contributed by atoms with E-state index in [-0.39, 0.29) is 40.8 Å². The minimum Gasteiger partial charge on any atom is -0.492 e. The molecule has 1 fully saturated rings. The molecule has 3 aromatic carbocycles. The van der Waals surface area contributed by atoms with E-state index in [1.54, 1.807) is 49.6 Å². The predicted octanol–water partition coefficient (Wildman–Crippen LogP) is 6.11. The van der Waals surface area contributed by atoms with Crippen LogP contribution >= 0.6 is 11.6 Å². The number of alkyl halides is 3. The number of halogens is 4. The van der Waals surface area contributed by atoms with Gasteiger partial charge in [-0.05, 0) is 80.1 Å². The number of nitrogens with two attached hydrogens (primary N) is 1. The molecule has 51 heavy (non-hydrogen) atoms. The molecule has 0 bridgehead atoms. The Kier molecular flexibility index (Phi) is 10.9. The summed E-state index contributed by atoms with van der Waals surface area (Å²) in [5.74, 6) is 0.403. The molecule has 0 aliphatic carbocycles. The first kappa shape index (κ1) is 37.5. The molecule has 2 heterocycles. The summed E-state index contributed by atoms with van der Waals surface area (Å²) in [4.78, 5) is 45.1. The Morgan fingerprint density at radius 1 is 1.06 bits per heavy atom. The summed E-state index contributed by atoms with van der Waals surface area (Å²) in [5, 5.41) is 2.04. The molecule has 1 aliphatic rings. The number of rotatable bonds is 10. The number of pyridine rings is 1. The van der Waals surface area contributed by atoms with Crippen LogP contribution in [0, 0.1) is 5.92 Å². The molecule has 2 N–H and O–H groups in total. The average Bonchev–Trinajstić information content (AvgIpc) is 3.54. The molecule has 0 radical (unpaired) electrons. The summed E-state index contributed by atoms with van der Waals surface area (Å²) < 4.78 is 76.6. The fourth-order valence-electron chi connectivity index (χ4n) is 6.05. The summed E-state index contributed by atoms with van der Waals surface area (Å²) in [6.45, 7) is 4.62. The second kappa shape index (κ2) is 14.9. The van der Waals surface area contributed by atoms with E-state index in [2.05, 4.69) is 9.72 Å². The third kappa shape index (κ3) is 7.65. The number of fused-ring (bicyclic) bond motifs is 1. The lowest BCUT2D eigenvalue weighted by Gasteiger charge is -2.36. The quantitative estimate of drug-likeness (QED) is 0.0872. The van der Waals surface area contributed by atoms with Crippen LogP contribution in [-0.4, -0.2) is 60.7 Å². The lowest BCUT2D eigenvalue weighted by Crippen LogP contribution is -2.47. The topological polar surface area (TPSA) is 149 Å². The van der Waals surface area contributed by atoms with Crippen LogP contribution < -0.4 is 15.6 Å². The summed E-state index contributed by atoms with van der Waals surface area (Å²) in [6.07, 6.45) is -2.51. The van der Waals surface area contributed by atoms with Crippen molar-refractivity contribution < 1.29 is 45.4 Å². The van der Waals surface area contributed by atoms with Crippen molar-refractivity contribution >= 4 is 55.7 Å². The Balaban J connectivity index is 1.68. The number of hydrazine groups is 1. The zero-order valence-electron chi connectivity index (χ0n) is 27.6. The Labute approximate surface area is 297 Å². The van der Waals surface area contributed by atoms with Crippen molar-refractivity contribution in [3.05, 3.63) is 95.3 Å². The molecule has 270 valence electrons. The number of esters is 2. The van der Waals surface area contributed by atoms with Gasteiger partial charge in [-0.3, -0.25) is 19.6 Å². The highest BCUT2D eigenvalue weighted by Crippen LogP contribution is 2.44. The average molecular weight is 747 g/mol. The van der Waals surface area contributed by atoms with Gasteiger partial charge >= 0.3 is 18.1 Å². The van der Waals surface area contributed by atoms with Gasteiger partial charge in [0.25, 0.3) is 5.91 Å². The number of carbonyl (C=O) groups is 3. The highest BCUT2D eigenvalue weighted by Gasteiger charge is 2.50. The van der Waals surface area contributed by atoms with Crippen molar-refractivity contribution in [2.24, 2.45) is 11.8 Å². The second-order valence-corrected chi connectivity index (χ2v) is 14.9. The fraction of sp³-hybridized carbons (Fsp3) is 0.314. The number of carbonyl (C=O) groups excluding carboxylic acids is 3. The van der Waals surface area contributed by atoms with Gasteiger partial charge in [0.05, 0.1) is 39.4 Å². The summed E-state index contributed by atoms with van der Waals surface area (Å²) in [6, 6.07) is 14.2. The van der Waals surface area contributed by atoms with Crippen LogP contribution in [0.2, 0.25) is 5.02 Å². The lowest BCUT2D eigenvalue weighted by atomic mass is 9.93. The molecule has 0 spiro atoms. The number of likely N-dealkylation sites (tertiary alicyclic amines) is 1. The molecule has 5 rings (SSSR count). The maximum Gasteiger partial charge on any atom is 0.491 e. The van der Waals surface area contributed by atoms with Gasteiger partial charge < -0.3 is 14.4 Å².